The number of benzene rings is 1. The summed E-state index contributed by atoms with van der Waals surface area (Å²) in [7, 11) is 0. The molecule has 1 aromatic carbocycles. The molecule has 1 aromatic heterocycles. The highest BCUT2D eigenvalue weighted by Crippen LogP contribution is 2.34. The summed E-state index contributed by atoms with van der Waals surface area (Å²) in [5, 5.41) is 11.8. The first-order valence-corrected chi connectivity index (χ1v) is 6.46. The molecule has 2 fully saturated rings. The summed E-state index contributed by atoms with van der Waals surface area (Å²) in [6.07, 6.45) is -0.545. The van der Waals surface area contributed by atoms with E-state index in [1.807, 2.05) is 30.3 Å². The van der Waals surface area contributed by atoms with E-state index in [1.54, 1.807) is 4.68 Å². The van der Waals surface area contributed by atoms with Gasteiger partial charge in [0.1, 0.15) is 6.10 Å². The lowest BCUT2D eigenvalue weighted by Crippen LogP contribution is -2.37. The van der Waals surface area contributed by atoms with Gasteiger partial charge in [0.05, 0.1) is 12.6 Å². The summed E-state index contributed by atoms with van der Waals surface area (Å²) in [5.74, 6) is 0.579. The minimum Gasteiger partial charge on any atom is -0.343 e. The van der Waals surface area contributed by atoms with E-state index in [2.05, 4.69) is 15.5 Å². The molecule has 3 atom stereocenters. The van der Waals surface area contributed by atoms with Crippen LogP contribution >= 0.6 is 0 Å². The summed E-state index contributed by atoms with van der Waals surface area (Å²) >= 11 is 0. The van der Waals surface area contributed by atoms with Crippen LogP contribution in [0.5, 0.6) is 0 Å². The smallest absolute Gasteiger partial charge is 0.218 e. The quantitative estimate of drug-likeness (QED) is 0.796. The van der Waals surface area contributed by atoms with E-state index in [0.29, 0.717) is 18.9 Å². The molecule has 0 radical (unpaired) electrons. The Morgan fingerprint density at radius 2 is 2.10 bits per heavy atom. The van der Waals surface area contributed by atoms with Crippen molar-refractivity contribution in [3.05, 3.63) is 30.3 Å². The lowest BCUT2D eigenvalue weighted by Gasteiger charge is -2.26. The molecule has 0 aliphatic carbocycles. The van der Waals surface area contributed by atoms with Gasteiger partial charge < -0.3 is 9.47 Å². The number of hydrogen-bond acceptors (Lipinski definition) is 6. The lowest BCUT2D eigenvalue weighted by molar-refractivity contribution is -0.156. The number of ketones is 1. The molecule has 2 aromatic rings. The summed E-state index contributed by atoms with van der Waals surface area (Å²) in [6.45, 7) is 0.398. The largest absolute Gasteiger partial charge is 0.343 e. The Balaban J connectivity index is 1.73. The van der Waals surface area contributed by atoms with Gasteiger partial charge in [0.2, 0.25) is 6.29 Å². The number of carbonyl (C=O) groups is 1. The average molecular weight is 272 g/mol. The van der Waals surface area contributed by atoms with E-state index in [-0.39, 0.29) is 17.9 Å². The molecule has 2 aliphatic rings. The topological polar surface area (TPSA) is 79.1 Å². The summed E-state index contributed by atoms with van der Waals surface area (Å²) < 4.78 is 12.5. The molecule has 2 saturated heterocycles. The van der Waals surface area contributed by atoms with Crippen LogP contribution < -0.4 is 0 Å². The molecule has 0 saturated carbocycles. The molecule has 0 unspecified atom stereocenters. The summed E-state index contributed by atoms with van der Waals surface area (Å²) in [4.78, 5) is 11.9. The first-order chi connectivity index (χ1) is 9.83. The number of fused-ring (bicyclic) bond motifs is 2. The van der Waals surface area contributed by atoms with Crippen LogP contribution in [0.3, 0.4) is 0 Å². The summed E-state index contributed by atoms with van der Waals surface area (Å²) in [6, 6.07) is 9.42. The normalized spacial score (nSPS) is 28.8. The Morgan fingerprint density at radius 1 is 1.25 bits per heavy atom. The van der Waals surface area contributed by atoms with Gasteiger partial charge in [-0.25, -0.2) is 4.68 Å². The van der Waals surface area contributed by atoms with Crippen molar-refractivity contribution in [1.29, 1.82) is 0 Å². The molecule has 2 aliphatic heterocycles. The molecular weight excluding hydrogens is 260 g/mol. The van der Waals surface area contributed by atoms with Crippen LogP contribution in [0.25, 0.3) is 11.4 Å². The van der Waals surface area contributed by atoms with Gasteiger partial charge in [-0.3, -0.25) is 4.79 Å². The highest BCUT2D eigenvalue weighted by Gasteiger charge is 2.45. The van der Waals surface area contributed by atoms with Crippen LogP contribution in [-0.4, -0.2) is 45.0 Å². The van der Waals surface area contributed by atoms with Crippen LogP contribution in [0.15, 0.2) is 30.3 Å². The van der Waals surface area contributed by atoms with Crippen molar-refractivity contribution in [3.8, 4) is 11.4 Å². The fourth-order valence-corrected chi connectivity index (χ4v) is 2.66. The maximum Gasteiger partial charge on any atom is 0.218 e. The van der Waals surface area contributed by atoms with Crippen LogP contribution in [0.4, 0.5) is 0 Å². The number of Topliss-reactive ketones (excluding diaryl/α,β-unsaturated/α-hetero) is 1. The van der Waals surface area contributed by atoms with E-state index >= 15 is 0 Å². The molecule has 3 heterocycles. The van der Waals surface area contributed by atoms with Crippen molar-refractivity contribution in [2.75, 3.05) is 6.61 Å². The Morgan fingerprint density at radius 3 is 2.95 bits per heavy atom. The standard InChI is InChI=1S/C13H12N4O3/c18-10-6-9(11-7-19-13(10)20-11)17-12(14-15-16-17)8-4-2-1-3-5-8/h1-5,9,11,13H,6-7H2/t9-,11+,13-/m0/s1. The first-order valence-electron chi connectivity index (χ1n) is 6.46. The van der Waals surface area contributed by atoms with Gasteiger partial charge in [0.15, 0.2) is 11.6 Å². The van der Waals surface area contributed by atoms with Crippen LogP contribution in [0.1, 0.15) is 12.5 Å². The molecule has 102 valence electrons. The van der Waals surface area contributed by atoms with Crippen molar-refractivity contribution in [2.24, 2.45) is 0 Å². The molecule has 4 rings (SSSR count). The third-order valence-electron chi connectivity index (χ3n) is 3.65. The van der Waals surface area contributed by atoms with E-state index in [4.69, 9.17) is 9.47 Å². The molecule has 0 spiro atoms. The number of aromatic nitrogens is 4. The van der Waals surface area contributed by atoms with Gasteiger partial charge in [-0.15, -0.1) is 5.10 Å². The van der Waals surface area contributed by atoms with Crippen molar-refractivity contribution in [2.45, 2.75) is 24.9 Å². The van der Waals surface area contributed by atoms with Crippen LogP contribution in [0, 0.1) is 0 Å². The predicted molar refractivity (Wildman–Crippen MR) is 66.5 cm³/mol. The Bertz CT molecular complexity index is 642. The molecule has 7 heteroatoms. The SMILES string of the molecule is O=C1C[C@H](n2nnnc2-c2ccccc2)[C@H]2CO[C@H]1O2. The molecule has 20 heavy (non-hydrogen) atoms. The highest BCUT2D eigenvalue weighted by molar-refractivity contribution is 5.83. The maximum absolute atomic E-state index is 11.9. The van der Waals surface area contributed by atoms with Gasteiger partial charge >= 0.3 is 0 Å². The number of ether oxygens (including phenoxy) is 2. The number of carbonyl (C=O) groups excluding carboxylic acids is 1. The van der Waals surface area contributed by atoms with Crippen molar-refractivity contribution >= 4 is 5.78 Å². The molecule has 0 amide bonds. The second-order valence-corrected chi connectivity index (χ2v) is 4.89. The zero-order valence-electron chi connectivity index (χ0n) is 10.5. The number of rotatable bonds is 2. The molecule has 2 bridgehead atoms. The van der Waals surface area contributed by atoms with Crippen molar-refractivity contribution < 1.29 is 14.3 Å². The number of hydrogen-bond donors (Lipinski definition) is 0. The highest BCUT2D eigenvalue weighted by atomic mass is 16.7. The average Bonchev–Trinajstić information content (AvgIpc) is 3.13. The lowest BCUT2D eigenvalue weighted by atomic mass is 10.0. The Kier molecular flexibility index (Phi) is 2.61. The van der Waals surface area contributed by atoms with Gasteiger partial charge in [-0.05, 0) is 10.4 Å². The third kappa shape index (κ3) is 1.75. The van der Waals surface area contributed by atoms with E-state index in [9.17, 15) is 4.79 Å². The summed E-state index contributed by atoms with van der Waals surface area (Å²) in [5.41, 5.74) is 0.908. The Labute approximate surface area is 114 Å². The van der Waals surface area contributed by atoms with Gasteiger partial charge in [-0.1, -0.05) is 30.3 Å². The second-order valence-electron chi connectivity index (χ2n) is 4.89. The zero-order valence-corrected chi connectivity index (χ0v) is 10.5. The fraction of sp³-hybridized carbons (Fsp3) is 0.385. The predicted octanol–water partition coefficient (Wildman–Crippen LogP) is 0.595. The molecular formula is C13H12N4O3. The van der Waals surface area contributed by atoms with E-state index in [1.165, 1.54) is 0 Å². The van der Waals surface area contributed by atoms with Crippen molar-refractivity contribution in [3.63, 3.8) is 0 Å². The van der Waals surface area contributed by atoms with E-state index < -0.39 is 6.29 Å². The molecule has 7 nitrogen and oxygen atoms in total. The van der Waals surface area contributed by atoms with Gasteiger partial charge in [-0.2, -0.15) is 0 Å². The van der Waals surface area contributed by atoms with Crippen LogP contribution in [0.2, 0.25) is 0 Å². The Hall–Kier alpha value is -2.12. The van der Waals surface area contributed by atoms with Crippen molar-refractivity contribution in [1.82, 2.24) is 20.2 Å². The maximum atomic E-state index is 11.9. The second kappa shape index (κ2) is 4.46. The number of tetrazole rings is 1. The van der Waals surface area contributed by atoms with E-state index in [0.717, 1.165) is 5.56 Å². The van der Waals surface area contributed by atoms with Crippen LogP contribution in [-0.2, 0) is 14.3 Å². The minimum absolute atomic E-state index is 0.0572. The monoisotopic (exact) mass is 272 g/mol. The molecule has 0 N–H and O–H groups in total. The number of nitrogens with zero attached hydrogens (tertiary/aromatic N) is 4. The van der Waals surface area contributed by atoms with Gasteiger partial charge in [0, 0.05) is 12.0 Å². The third-order valence-corrected chi connectivity index (χ3v) is 3.65. The first kappa shape index (κ1) is 11.7. The zero-order chi connectivity index (χ0) is 13.5. The van der Waals surface area contributed by atoms with Gasteiger partial charge in [0.25, 0.3) is 0 Å². The fourth-order valence-electron chi connectivity index (χ4n) is 2.66. The minimum atomic E-state index is -0.701.